The lowest BCUT2D eigenvalue weighted by Crippen LogP contribution is -2.33. The van der Waals surface area contributed by atoms with E-state index >= 15 is 0 Å². The maximum atomic E-state index is 12.2. The number of benzene rings is 1. The first-order chi connectivity index (χ1) is 10.8. The van der Waals surface area contributed by atoms with Gasteiger partial charge in [-0.05, 0) is 49.9 Å². The summed E-state index contributed by atoms with van der Waals surface area (Å²) in [4.78, 5) is 14.0. The van der Waals surface area contributed by atoms with Gasteiger partial charge in [0.25, 0.3) is 0 Å². The quantitative estimate of drug-likeness (QED) is 0.889. The third-order valence-corrected chi connectivity index (χ3v) is 4.16. The van der Waals surface area contributed by atoms with Crippen molar-refractivity contribution in [3.63, 3.8) is 0 Å². The van der Waals surface area contributed by atoms with E-state index in [4.69, 9.17) is 4.74 Å². The fourth-order valence-electron chi connectivity index (χ4n) is 2.62. The lowest BCUT2D eigenvalue weighted by Gasteiger charge is -2.24. The third-order valence-electron chi connectivity index (χ3n) is 4.16. The van der Waals surface area contributed by atoms with Gasteiger partial charge in [-0.15, -0.1) is 0 Å². The Bertz CT molecular complexity index is 549. The summed E-state index contributed by atoms with van der Waals surface area (Å²) >= 11 is 0. The molecule has 0 radical (unpaired) electrons. The zero-order valence-electron chi connectivity index (χ0n) is 15.1. The molecule has 0 spiro atoms. The monoisotopic (exact) mass is 318 g/mol. The van der Waals surface area contributed by atoms with E-state index in [1.165, 1.54) is 23.1 Å². The van der Waals surface area contributed by atoms with E-state index in [-0.39, 0.29) is 6.09 Å². The van der Waals surface area contributed by atoms with Gasteiger partial charge in [-0.25, -0.2) is 4.79 Å². The number of carbonyl (C=O) groups excluding carboxylic acids is 1. The van der Waals surface area contributed by atoms with Gasteiger partial charge >= 0.3 is 6.09 Å². The maximum Gasteiger partial charge on any atom is 0.410 e. The van der Waals surface area contributed by atoms with Crippen molar-refractivity contribution in [1.82, 2.24) is 10.2 Å². The first-order valence-corrected chi connectivity index (χ1v) is 8.58. The van der Waals surface area contributed by atoms with Crippen molar-refractivity contribution in [2.24, 2.45) is 5.92 Å². The molecular weight excluding hydrogens is 288 g/mol. The average molecular weight is 318 g/mol. The fraction of sp³-hybridized carbons (Fsp3) is 0.632. The van der Waals surface area contributed by atoms with Crippen molar-refractivity contribution in [3.05, 3.63) is 34.9 Å². The molecule has 1 atom stereocenters. The van der Waals surface area contributed by atoms with Gasteiger partial charge < -0.3 is 10.1 Å². The summed E-state index contributed by atoms with van der Waals surface area (Å²) in [6.07, 6.45) is 0.965. The van der Waals surface area contributed by atoms with Gasteiger partial charge in [0.1, 0.15) is 5.60 Å². The molecule has 1 aromatic carbocycles. The molecule has 1 aliphatic rings. The highest BCUT2D eigenvalue weighted by Gasteiger charge is 2.27. The van der Waals surface area contributed by atoms with Crippen LogP contribution in [0.1, 0.15) is 57.7 Å². The van der Waals surface area contributed by atoms with Crippen LogP contribution < -0.4 is 5.32 Å². The number of hydrogen-bond acceptors (Lipinski definition) is 3. The van der Waals surface area contributed by atoms with E-state index in [9.17, 15) is 4.79 Å². The normalized spacial score (nSPS) is 15.4. The van der Waals surface area contributed by atoms with Gasteiger partial charge in [-0.1, -0.05) is 38.5 Å². The summed E-state index contributed by atoms with van der Waals surface area (Å²) in [6, 6.07) is 6.50. The van der Waals surface area contributed by atoms with Crippen LogP contribution in [0.5, 0.6) is 0 Å². The second-order valence-corrected chi connectivity index (χ2v) is 7.58. The standard InChI is InChI=1S/C19H30N2O2/c1-6-14(2)10-20-11-15-7-8-16-12-21(13-17(16)9-15)18(22)23-19(3,4)5/h7-9,14,20H,6,10-13H2,1-5H3. The minimum absolute atomic E-state index is 0.231. The van der Waals surface area contributed by atoms with Crippen molar-refractivity contribution in [1.29, 1.82) is 0 Å². The lowest BCUT2D eigenvalue weighted by molar-refractivity contribution is 0.0242. The number of nitrogens with one attached hydrogen (secondary N) is 1. The first kappa shape index (κ1) is 17.8. The van der Waals surface area contributed by atoms with Crippen molar-refractivity contribution in [2.75, 3.05) is 6.54 Å². The molecule has 1 aliphatic heterocycles. The van der Waals surface area contributed by atoms with Crippen molar-refractivity contribution < 1.29 is 9.53 Å². The Labute approximate surface area is 140 Å². The summed E-state index contributed by atoms with van der Waals surface area (Å²) in [7, 11) is 0. The topological polar surface area (TPSA) is 41.6 Å². The minimum atomic E-state index is -0.448. The van der Waals surface area contributed by atoms with Gasteiger partial charge in [0, 0.05) is 19.6 Å². The molecule has 2 rings (SSSR count). The van der Waals surface area contributed by atoms with Gasteiger partial charge in [-0.2, -0.15) is 0 Å². The summed E-state index contributed by atoms with van der Waals surface area (Å²) in [5.74, 6) is 0.701. The number of rotatable bonds is 5. The molecule has 0 fully saturated rings. The van der Waals surface area contributed by atoms with E-state index in [1.54, 1.807) is 4.90 Å². The number of hydrogen-bond donors (Lipinski definition) is 1. The van der Waals surface area contributed by atoms with Crippen LogP contribution >= 0.6 is 0 Å². The van der Waals surface area contributed by atoms with Gasteiger partial charge in [0.05, 0.1) is 0 Å². The van der Waals surface area contributed by atoms with Crippen molar-refractivity contribution in [3.8, 4) is 0 Å². The number of nitrogens with zero attached hydrogens (tertiary/aromatic N) is 1. The van der Waals surface area contributed by atoms with Crippen molar-refractivity contribution in [2.45, 2.75) is 66.3 Å². The molecule has 4 heteroatoms. The maximum absolute atomic E-state index is 12.2. The Balaban J connectivity index is 1.92. The molecule has 1 N–H and O–H groups in total. The van der Waals surface area contributed by atoms with Crippen LogP contribution in [-0.4, -0.2) is 23.1 Å². The predicted octanol–water partition coefficient (Wildman–Crippen LogP) is 4.07. The van der Waals surface area contributed by atoms with Crippen LogP contribution in [0.25, 0.3) is 0 Å². The van der Waals surface area contributed by atoms with Gasteiger partial charge in [-0.3, -0.25) is 4.90 Å². The summed E-state index contributed by atoms with van der Waals surface area (Å²) in [6.45, 7) is 13.4. The molecule has 1 heterocycles. The van der Waals surface area contributed by atoms with Crippen LogP contribution in [-0.2, 0) is 24.4 Å². The fourth-order valence-corrected chi connectivity index (χ4v) is 2.62. The number of fused-ring (bicyclic) bond motifs is 1. The Hall–Kier alpha value is -1.55. The number of amides is 1. The highest BCUT2D eigenvalue weighted by molar-refractivity contribution is 5.69. The smallest absolute Gasteiger partial charge is 0.410 e. The molecule has 0 saturated carbocycles. The summed E-state index contributed by atoms with van der Waals surface area (Å²) in [5.41, 5.74) is 3.29. The van der Waals surface area contributed by atoms with E-state index in [0.29, 0.717) is 19.0 Å². The molecule has 1 amide bonds. The molecule has 23 heavy (non-hydrogen) atoms. The Morgan fingerprint density at radius 2 is 2.00 bits per heavy atom. The Kier molecular flexibility index (Phi) is 5.69. The molecule has 1 aromatic rings. The molecule has 1 unspecified atom stereocenters. The zero-order chi connectivity index (χ0) is 17.0. The molecule has 0 saturated heterocycles. The van der Waals surface area contributed by atoms with Crippen LogP contribution in [0.3, 0.4) is 0 Å². The SMILES string of the molecule is CCC(C)CNCc1ccc2c(c1)CN(C(=O)OC(C)(C)C)C2. The Morgan fingerprint density at radius 3 is 2.65 bits per heavy atom. The molecule has 128 valence electrons. The molecule has 0 aliphatic carbocycles. The van der Waals surface area contributed by atoms with Crippen LogP contribution in [0.15, 0.2) is 18.2 Å². The average Bonchev–Trinajstić information content (AvgIpc) is 2.88. The van der Waals surface area contributed by atoms with Crippen LogP contribution in [0, 0.1) is 5.92 Å². The zero-order valence-corrected chi connectivity index (χ0v) is 15.1. The largest absolute Gasteiger partial charge is 0.444 e. The van der Waals surface area contributed by atoms with E-state index in [0.717, 1.165) is 13.1 Å². The van der Waals surface area contributed by atoms with E-state index < -0.39 is 5.60 Å². The lowest BCUT2D eigenvalue weighted by atomic mass is 10.1. The van der Waals surface area contributed by atoms with E-state index in [1.807, 2.05) is 20.8 Å². The summed E-state index contributed by atoms with van der Waals surface area (Å²) in [5, 5.41) is 3.50. The van der Waals surface area contributed by atoms with Crippen molar-refractivity contribution >= 4 is 6.09 Å². The molecule has 0 aromatic heterocycles. The molecular formula is C19H30N2O2. The van der Waals surface area contributed by atoms with Gasteiger partial charge in [0.15, 0.2) is 0 Å². The third kappa shape index (κ3) is 5.24. The first-order valence-electron chi connectivity index (χ1n) is 8.58. The second kappa shape index (κ2) is 7.35. The molecule has 0 bridgehead atoms. The number of carbonyl (C=O) groups is 1. The minimum Gasteiger partial charge on any atom is -0.444 e. The predicted molar refractivity (Wildman–Crippen MR) is 93.1 cm³/mol. The summed E-state index contributed by atoms with van der Waals surface area (Å²) < 4.78 is 5.46. The van der Waals surface area contributed by atoms with Gasteiger partial charge in [0.2, 0.25) is 0 Å². The molecule has 4 nitrogen and oxygen atoms in total. The highest BCUT2D eigenvalue weighted by atomic mass is 16.6. The number of ether oxygens (including phenoxy) is 1. The van der Waals surface area contributed by atoms with Crippen LogP contribution in [0.4, 0.5) is 4.79 Å². The highest BCUT2D eigenvalue weighted by Crippen LogP contribution is 2.25. The second-order valence-electron chi connectivity index (χ2n) is 7.58. The van der Waals surface area contributed by atoms with Crippen LogP contribution in [0.2, 0.25) is 0 Å². The van der Waals surface area contributed by atoms with E-state index in [2.05, 4.69) is 37.4 Å². The Morgan fingerprint density at radius 1 is 1.30 bits per heavy atom.